The van der Waals surface area contributed by atoms with E-state index >= 15 is 0 Å². The predicted octanol–water partition coefficient (Wildman–Crippen LogP) is 2.28. The van der Waals surface area contributed by atoms with Crippen molar-refractivity contribution in [1.29, 1.82) is 0 Å². The Hall–Kier alpha value is -1.46. The van der Waals surface area contributed by atoms with E-state index in [1.54, 1.807) is 6.07 Å². The van der Waals surface area contributed by atoms with E-state index in [1.165, 1.54) is 11.8 Å². The van der Waals surface area contributed by atoms with Gasteiger partial charge >= 0.3 is 0 Å². The molecule has 2 atom stereocenters. The number of benzene rings is 1. The topological polar surface area (TPSA) is 62.5 Å². The van der Waals surface area contributed by atoms with Crippen LogP contribution >= 0.6 is 11.8 Å². The second kappa shape index (κ2) is 6.12. The SMILES string of the molecule is CSC(CO)C(C)NC(=O)c1cc2ccccc2o1. The highest BCUT2D eigenvalue weighted by Crippen LogP contribution is 2.19. The fourth-order valence-corrected chi connectivity index (χ4v) is 2.53. The van der Waals surface area contributed by atoms with E-state index in [0.717, 1.165) is 5.39 Å². The average Bonchev–Trinajstić information content (AvgIpc) is 2.84. The summed E-state index contributed by atoms with van der Waals surface area (Å²) in [6, 6.07) is 9.10. The summed E-state index contributed by atoms with van der Waals surface area (Å²) in [6.45, 7) is 1.90. The number of nitrogens with one attached hydrogen (secondary N) is 1. The molecule has 0 aliphatic carbocycles. The number of fused-ring (bicyclic) bond motifs is 1. The van der Waals surface area contributed by atoms with Crippen LogP contribution in [0.5, 0.6) is 0 Å². The van der Waals surface area contributed by atoms with Crippen molar-refractivity contribution in [2.24, 2.45) is 0 Å². The molecule has 0 saturated heterocycles. The first-order chi connectivity index (χ1) is 9.15. The Balaban J connectivity index is 2.11. The molecule has 2 aromatic rings. The maximum Gasteiger partial charge on any atom is 0.287 e. The van der Waals surface area contributed by atoms with Gasteiger partial charge in [-0.25, -0.2) is 0 Å². The number of hydrogen-bond acceptors (Lipinski definition) is 4. The van der Waals surface area contributed by atoms with Gasteiger partial charge in [0.2, 0.25) is 0 Å². The first-order valence-corrected chi connectivity index (χ1v) is 7.37. The van der Waals surface area contributed by atoms with Crippen LogP contribution in [0.2, 0.25) is 0 Å². The van der Waals surface area contributed by atoms with Crippen LogP contribution in [0.1, 0.15) is 17.5 Å². The van der Waals surface area contributed by atoms with E-state index in [-0.39, 0.29) is 23.8 Å². The Morgan fingerprint density at radius 2 is 2.21 bits per heavy atom. The third-order valence-electron chi connectivity index (χ3n) is 3.05. The van der Waals surface area contributed by atoms with Crippen LogP contribution in [0.3, 0.4) is 0 Å². The highest BCUT2D eigenvalue weighted by molar-refractivity contribution is 7.99. The van der Waals surface area contributed by atoms with Gasteiger partial charge in [-0.15, -0.1) is 0 Å². The van der Waals surface area contributed by atoms with E-state index in [2.05, 4.69) is 5.32 Å². The molecule has 2 N–H and O–H groups in total. The van der Waals surface area contributed by atoms with Crippen molar-refractivity contribution >= 4 is 28.6 Å². The molecule has 0 spiro atoms. The molecule has 2 unspecified atom stereocenters. The zero-order chi connectivity index (χ0) is 13.8. The lowest BCUT2D eigenvalue weighted by molar-refractivity contribution is 0.0910. The van der Waals surface area contributed by atoms with Crippen LogP contribution in [0, 0.1) is 0 Å². The molecule has 5 heteroatoms. The summed E-state index contributed by atoms with van der Waals surface area (Å²) in [5, 5.41) is 12.9. The fraction of sp³-hybridized carbons (Fsp3) is 0.357. The van der Waals surface area contributed by atoms with Crippen molar-refractivity contribution in [3.63, 3.8) is 0 Å². The zero-order valence-electron chi connectivity index (χ0n) is 10.9. The van der Waals surface area contributed by atoms with Gasteiger partial charge in [-0.3, -0.25) is 4.79 Å². The lowest BCUT2D eigenvalue weighted by Gasteiger charge is -2.20. The van der Waals surface area contributed by atoms with Crippen molar-refractivity contribution in [1.82, 2.24) is 5.32 Å². The lowest BCUT2D eigenvalue weighted by atomic mass is 10.2. The second-order valence-electron chi connectivity index (χ2n) is 4.37. The molecule has 19 heavy (non-hydrogen) atoms. The second-order valence-corrected chi connectivity index (χ2v) is 5.44. The highest BCUT2D eigenvalue weighted by Gasteiger charge is 2.20. The average molecular weight is 279 g/mol. The summed E-state index contributed by atoms with van der Waals surface area (Å²) >= 11 is 1.52. The molecule has 0 bridgehead atoms. The number of hydrogen-bond donors (Lipinski definition) is 2. The van der Waals surface area contributed by atoms with Crippen molar-refractivity contribution in [3.05, 3.63) is 36.1 Å². The number of amides is 1. The molecule has 0 fully saturated rings. The van der Waals surface area contributed by atoms with E-state index in [1.807, 2.05) is 37.4 Å². The van der Waals surface area contributed by atoms with Gasteiger partial charge in [0, 0.05) is 16.7 Å². The summed E-state index contributed by atoms with van der Waals surface area (Å²) in [5.74, 6) is 0.0436. The maximum atomic E-state index is 12.1. The van der Waals surface area contributed by atoms with Gasteiger partial charge in [0.05, 0.1) is 6.61 Å². The summed E-state index contributed by atoms with van der Waals surface area (Å²) in [6.07, 6.45) is 1.91. The van der Waals surface area contributed by atoms with Crippen LogP contribution in [0.15, 0.2) is 34.7 Å². The first kappa shape index (κ1) is 14.0. The number of carbonyl (C=O) groups excluding carboxylic acids is 1. The van der Waals surface area contributed by atoms with E-state index in [9.17, 15) is 9.90 Å². The van der Waals surface area contributed by atoms with Gasteiger partial charge in [-0.2, -0.15) is 11.8 Å². The molecule has 1 aromatic heterocycles. The summed E-state index contributed by atoms with van der Waals surface area (Å²) < 4.78 is 5.50. The summed E-state index contributed by atoms with van der Waals surface area (Å²) in [7, 11) is 0. The maximum absolute atomic E-state index is 12.1. The highest BCUT2D eigenvalue weighted by atomic mass is 32.2. The minimum Gasteiger partial charge on any atom is -0.451 e. The molecule has 2 rings (SSSR count). The molecule has 0 aliphatic heterocycles. The van der Waals surface area contributed by atoms with E-state index in [4.69, 9.17) is 4.42 Å². The number of furan rings is 1. The molecule has 1 amide bonds. The van der Waals surface area contributed by atoms with E-state index in [0.29, 0.717) is 11.3 Å². The number of para-hydroxylation sites is 1. The van der Waals surface area contributed by atoms with Crippen LogP contribution in [0.4, 0.5) is 0 Å². The molecule has 4 nitrogen and oxygen atoms in total. The normalized spacial score (nSPS) is 14.3. The molecule has 0 aliphatic rings. The van der Waals surface area contributed by atoms with Crippen molar-refractivity contribution in [3.8, 4) is 0 Å². The molecule has 1 heterocycles. The van der Waals surface area contributed by atoms with Gasteiger partial charge in [0.1, 0.15) is 5.58 Å². The van der Waals surface area contributed by atoms with E-state index < -0.39 is 0 Å². The summed E-state index contributed by atoms with van der Waals surface area (Å²) in [5.41, 5.74) is 0.698. The molecule has 0 radical (unpaired) electrons. The van der Waals surface area contributed by atoms with Crippen molar-refractivity contribution in [2.45, 2.75) is 18.2 Å². The smallest absolute Gasteiger partial charge is 0.287 e. The monoisotopic (exact) mass is 279 g/mol. The number of thioether (sulfide) groups is 1. The largest absolute Gasteiger partial charge is 0.451 e. The Bertz CT molecular complexity index is 530. The Kier molecular flexibility index (Phi) is 4.50. The van der Waals surface area contributed by atoms with Gasteiger partial charge in [0.15, 0.2) is 5.76 Å². The van der Waals surface area contributed by atoms with Gasteiger partial charge in [-0.1, -0.05) is 18.2 Å². The Labute approximate surface area is 116 Å². The third kappa shape index (κ3) is 3.11. The third-order valence-corrected chi connectivity index (χ3v) is 4.21. The Morgan fingerprint density at radius 3 is 2.84 bits per heavy atom. The van der Waals surface area contributed by atoms with Crippen LogP contribution in [0.25, 0.3) is 11.0 Å². The number of aliphatic hydroxyl groups is 1. The lowest BCUT2D eigenvalue weighted by Crippen LogP contribution is -2.41. The number of carbonyl (C=O) groups is 1. The fourth-order valence-electron chi connectivity index (χ4n) is 1.90. The van der Waals surface area contributed by atoms with Gasteiger partial charge in [-0.05, 0) is 25.3 Å². The molecule has 102 valence electrons. The zero-order valence-corrected chi connectivity index (χ0v) is 11.7. The molecular weight excluding hydrogens is 262 g/mol. The molecule has 1 aromatic carbocycles. The van der Waals surface area contributed by atoms with Crippen LogP contribution in [-0.2, 0) is 0 Å². The van der Waals surface area contributed by atoms with Crippen LogP contribution in [-0.4, -0.2) is 35.2 Å². The number of rotatable bonds is 5. The molecule has 0 saturated carbocycles. The predicted molar refractivity (Wildman–Crippen MR) is 77.5 cm³/mol. The van der Waals surface area contributed by atoms with Crippen molar-refractivity contribution in [2.75, 3.05) is 12.9 Å². The first-order valence-electron chi connectivity index (χ1n) is 6.08. The molecular formula is C14H17NO3S. The standard InChI is InChI=1S/C14H17NO3S/c1-9(13(8-16)19-2)15-14(17)12-7-10-5-3-4-6-11(10)18-12/h3-7,9,13,16H,8H2,1-2H3,(H,15,17). The minimum absolute atomic E-state index is 0.0201. The number of aliphatic hydroxyl groups excluding tert-OH is 1. The van der Waals surface area contributed by atoms with Crippen LogP contribution < -0.4 is 5.32 Å². The summed E-state index contributed by atoms with van der Waals surface area (Å²) in [4.78, 5) is 12.1. The quantitative estimate of drug-likeness (QED) is 0.881. The van der Waals surface area contributed by atoms with Gasteiger partial charge in [0.25, 0.3) is 5.91 Å². The minimum atomic E-state index is -0.254. The van der Waals surface area contributed by atoms with Gasteiger partial charge < -0.3 is 14.8 Å². The van der Waals surface area contributed by atoms with Crippen molar-refractivity contribution < 1.29 is 14.3 Å². The Morgan fingerprint density at radius 1 is 1.47 bits per heavy atom.